The maximum atomic E-state index is 11.2. The van der Waals surface area contributed by atoms with Crippen LogP contribution >= 0.6 is 0 Å². The Morgan fingerprint density at radius 3 is 2.53 bits per heavy atom. The van der Waals surface area contributed by atoms with Crippen LogP contribution in [-0.2, 0) is 4.79 Å². The summed E-state index contributed by atoms with van der Waals surface area (Å²) in [5, 5.41) is 13.6. The van der Waals surface area contributed by atoms with Crippen LogP contribution in [0.5, 0.6) is 0 Å². The molecular weight excluding hydrogens is 196 g/mol. The summed E-state index contributed by atoms with van der Waals surface area (Å²) in [6.45, 7) is 3.71. The number of rotatable bonds is 5. The third kappa shape index (κ3) is 4.91. The summed E-state index contributed by atoms with van der Waals surface area (Å²) in [4.78, 5) is 22.0. The van der Waals surface area contributed by atoms with Crippen molar-refractivity contribution in [3.05, 3.63) is 0 Å². The van der Waals surface area contributed by atoms with Crippen molar-refractivity contribution in [3.63, 3.8) is 0 Å². The van der Waals surface area contributed by atoms with Crippen LogP contribution in [0.15, 0.2) is 0 Å². The van der Waals surface area contributed by atoms with Crippen molar-refractivity contribution >= 4 is 12.0 Å². The van der Waals surface area contributed by atoms with Gasteiger partial charge in [0.05, 0.1) is 6.54 Å². The topological polar surface area (TPSA) is 78.4 Å². The van der Waals surface area contributed by atoms with Crippen molar-refractivity contribution in [2.45, 2.75) is 26.3 Å². The van der Waals surface area contributed by atoms with Crippen LogP contribution in [-0.4, -0.2) is 29.7 Å². The minimum Gasteiger partial charge on any atom is -0.480 e. The summed E-state index contributed by atoms with van der Waals surface area (Å²) in [6.07, 6.45) is 5.62. The van der Waals surface area contributed by atoms with Crippen LogP contribution in [0.1, 0.15) is 20.3 Å². The van der Waals surface area contributed by atoms with E-state index in [0.717, 1.165) is 0 Å². The molecule has 5 heteroatoms. The molecule has 0 aliphatic carbocycles. The van der Waals surface area contributed by atoms with E-state index >= 15 is 0 Å². The molecule has 0 saturated carbocycles. The van der Waals surface area contributed by atoms with Crippen molar-refractivity contribution in [2.75, 3.05) is 6.54 Å². The normalized spacial score (nSPS) is 13.4. The first-order valence-corrected chi connectivity index (χ1v) is 4.73. The van der Waals surface area contributed by atoms with Gasteiger partial charge in [-0.2, -0.15) is 0 Å². The number of carbonyl (C=O) groups excluding carboxylic acids is 1. The highest BCUT2D eigenvalue weighted by Crippen LogP contribution is 2.07. The molecule has 0 aromatic heterocycles. The minimum absolute atomic E-state index is 0.0820. The van der Waals surface area contributed by atoms with Gasteiger partial charge in [-0.15, -0.1) is 6.42 Å². The highest BCUT2D eigenvalue weighted by atomic mass is 16.4. The molecule has 0 aliphatic heterocycles. The number of aliphatic carboxylic acids is 1. The van der Waals surface area contributed by atoms with Crippen LogP contribution in [0.3, 0.4) is 0 Å². The summed E-state index contributed by atoms with van der Waals surface area (Å²) in [6, 6.07) is -1.44. The maximum absolute atomic E-state index is 11.2. The predicted octanol–water partition coefficient (Wildman–Crippen LogP) is 0.418. The Kier molecular flexibility index (Phi) is 5.95. The number of urea groups is 1. The summed E-state index contributed by atoms with van der Waals surface area (Å²) in [5.74, 6) is 1.06. The van der Waals surface area contributed by atoms with E-state index in [-0.39, 0.29) is 12.5 Å². The number of terminal acetylenes is 1. The van der Waals surface area contributed by atoms with Crippen molar-refractivity contribution < 1.29 is 14.7 Å². The molecular formula is C10H16N2O3. The lowest BCUT2D eigenvalue weighted by Crippen LogP contribution is -2.49. The van der Waals surface area contributed by atoms with E-state index in [1.807, 2.05) is 6.92 Å². The van der Waals surface area contributed by atoms with Gasteiger partial charge in [-0.25, -0.2) is 9.59 Å². The quantitative estimate of drug-likeness (QED) is 0.578. The number of carboxylic acids is 1. The molecule has 0 rings (SSSR count). The number of hydrogen-bond donors (Lipinski definition) is 3. The Morgan fingerprint density at radius 1 is 1.53 bits per heavy atom. The van der Waals surface area contributed by atoms with E-state index in [9.17, 15) is 9.59 Å². The Hall–Kier alpha value is -1.70. The smallest absolute Gasteiger partial charge is 0.326 e. The van der Waals surface area contributed by atoms with Crippen molar-refractivity contribution in [3.8, 4) is 12.3 Å². The first-order valence-electron chi connectivity index (χ1n) is 4.73. The van der Waals surface area contributed by atoms with Crippen LogP contribution < -0.4 is 10.6 Å². The lowest BCUT2D eigenvalue weighted by atomic mass is 9.99. The number of carbonyl (C=O) groups is 2. The molecule has 0 heterocycles. The van der Waals surface area contributed by atoms with E-state index in [4.69, 9.17) is 11.5 Å². The average molecular weight is 212 g/mol. The monoisotopic (exact) mass is 212 g/mol. The Balaban J connectivity index is 4.24. The first kappa shape index (κ1) is 13.3. The Labute approximate surface area is 89.2 Å². The van der Waals surface area contributed by atoms with Gasteiger partial charge in [-0.05, 0) is 5.92 Å². The van der Waals surface area contributed by atoms with Crippen LogP contribution in [0.25, 0.3) is 0 Å². The molecule has 84 valence electrons. The van der Waals surface area contributed by atoms with Gasteiger partial charge in [0.1, 0.15) is 6.04 Å². The van der Waals surface area contributed by atoms with Gasteiger partial charge in [0.25, 0.3) is 0 Å². The maximum Gasteiger partial charge on any atom is 0.326 e. The van der Waals surface area contributed by atoms with Crippen LogP contribution in [0.4, 0.5) is 4.79 Å². The zero-order valence-electron chi connectivity index (χ0n) is 8.91. The summed E-state index contributed by atoms with van der Waals surface area (Å²) < 4.78 is 0. The standard InChI is InChI=1S/C10H16N2O3/c1-4-6-11-10(15)12-8(9(13)14)7(3)5-2/h1,7-8H,5-6H2,2-3H3,(H,13,14)(H2,11,12,15). The molecule has 15 heavy (non-hydrogen) atoms. The number of nitrogens with one attached hydrogen (secondary N) is 2. The zero-order chi connectivity index (χ0) is 11.8. The van der Waals surface area contributed by atoms with Gasteiger partial charge in [-0.3, -0.25) is 0 Å². The SMILES string of the molecule is C#CCNC(=O)NC(C(=O)O)C(C)CC. The fourth-order valence-electron chi connectivity index (χ4n) is 1.01. The van der Waals surface area contributed by atoms with E-state index < -0.39 is 18.0 Å². The summed E-state index contributed by atoms with van der Waals surface area (Å²) in [5.41, 5.74) is 0. The second-order valence-electron chi connectivity index (χ2n) is 3.23. The Bertz CT molecular complexity index is 270. The van der Waals surface area contributed by atoms with E-state index in [0.29, 0.717) is 6.42 Å². The van der Waals surface area contributed by atoms with Gasteiger partial charge in [-0.1, -0.05) is 26.2 Å². The molecule has 2 atom stereocenters. The number of hydrogen-bond acceptors (Lipinski definition) is 2. The van der Waals surface area contributed by atoms with Crippen molar-refractivity contribution in [1.29, 1.82) is 0 Å². The number of carboxylic acid groups (broad SMARTS) is 1. The number of amides is 2. The van der Waals surface area contributed by atoms with E-state index in [1.54, 1.807) is 6.92 Å². The summed E-state index contributed by atoms with van der Waals surface area (Å²) >= 11 is 0. The Morgan fingerprint density at radius 2 is 2.13 bits per heavy atom. The van der Waals surface area contributed by atoms with Crippen LogP contribution in [0.2, 0.25) is 0 Å². The highest BCUT2D eigenvalue weighted by molar-refractivity contribution is 5.82. The third-order valence-electron chi connectivity index (χ3n) is 2.12. The average Bonchev–Trinajstić information content (AvgIpc) is 2.21. The molecule has 3 N–H and O–H groups in total. The molecule has 2 unspecified atom stereocenters. The van der Waals surface area contributed by atoms with Gasteiger partial charge in [0, 0.05) is 0 Å². The van der Waals surface area contributed by atoms with E-state index in [1.165, 1.54) is 0 Å². The van der Waals surface area contributed by atoms with Crippen molar-refractivity contribution in [1.82, 2.24) is 10.6 Å². The highest BCUT2D eigenvalue weighted by Gasteiger charge is 2.24. The molecule has 0 saturated heterocycles. The fourth-order valence-corrected chi connectivity index (χ4v) is 1.01. The third-order valence-corrected chi connectivity index (χ3v) is 2.12. The first-order chi connectivity index (χ1) is 7.02. The van der Waals surface area contributed by atoms with Crippen LogP contribution in [0, 0.1) is 18.3 Å². The zero-order valence-corrected chi connectivity index (χ0v) is 8.91. The lowest BCUT2D eigenvalue weighted by molar-refractivity contribution is -0.140. The molecule has 0 aliphatic rings. The second kappa shape index (κ2) is 6.71. The molecule has 5 nitrogen and oxygen atoms in total. The van der Waals surface area contributed by atoms with Gasteiger partial charge in [0.2, 0.25) is 0 Å². The van der Waals surface area contributed by atoms with Gasteiger partial charge >= 0.3 is 12.0 Å². The molecule has 0 bridgehead atoms. The van der Waals surface area contributed by atoms with Gasteiger partial charge < -0.3 is 15.7 Å². The molecule has 0 radical (unpaired) electrons. The second-order valence-corrected chi connectivity index (χ2v) is 3.23. The molecule has 0 aromatic carbocycles. The summed E-state index contributed by atoms with van der Waals surface area (Å²) in [7, 11) is 0. The molecule has 0 aromatic rings. The van der Waals surface area contributed by atoms with Crippen molar-refractivity contribution in [2.24, 2.45) is 5.92 Å². The minimum atomic E-state index is -1.04. The fraction of sp³-hybridized carbons (Fsp3) is 0.600. The molecule has 0 spiro atoms. The van der Waals surface area contributed by atoms with E-state index in [2.05, 4.69) is 16.6 Å². The lowest BCUT2D eigenvalue weighted by Gasteiger charge is -2.19. The molecule has 0 fully saturated rings. The molecule has 2 amide bonds. The predicted molar refractivity (Wildman–Crippen MR) is 56.2 cm³/mol. The van der Waals surface area contributed by atoms with Gasteiger partial charge in [0.15, 0.2) is 0 Å². The largest absolute Gasteiger partial charge is 0.480 e.